The van der Waals surface area contributed by atoms with Gasteiger partial charge >= 0.3 is 0 Å². The van der Waals surface area contributed by atoms with Crippen molar-refractivity contribution in [3.8, 4) is 5.75 Å². The number of fused-ring (bicyclic) bond motifs is 2. The molecular formula is C16H12N2O2. The molecule has 4 nitrogen and oxygen atoms in total. The third-order valence-electron chi connectivity index (χ3n) is 3.74. The van der Waals surface area contributed by atoms with Gasteiger partial charge in [-0.2, -0.15) is 0 Å². The van der Waals surface area contributed by atoms with Crippen molar-refractivity contribution < 1.29 is 9.90 Å². The Hall–Kier alpha value is -2.62. The van der Waals surface area contributed by atoms with Gasteiger partial charge in [-0.1, -0.05) is 24.3 Å². The molecule has 2 aliphatic rings. The van der Waals surface area contributed by atoms with Crippen LogP contribution in [0, 0.1) is 0 Å². The van der Waals surface area contributed by atoms with Crippen LogP contribution < -0.4 is 10.6 Å². The fourth-order valence-corrected chi connectivity index (χ4v) is 2.75. The number of carbonyl (C=O) groups is 1. The van der Waals surface area contributed by atoms with Gasteiger partial charge in [0.25, 0.3) is 0 Å². The zero-order chi connectivity index (χ0) is 13.7. The van der Waals surface area contributed by atoms with E-state index in [1.54, 1.807) is 12.1 Å². The number of aromatic hydroxyl groups is 1. The predicted octanol–water partition coefficient (Wildman–Crippen LogP) is 1.39. The molecule has 0 saturated heterocycles. The first-order valence-corrected chi connectivity index (χ1v) is 6.60. The lowest BCUT2D eigenvalue weighted by atomic mass is 10.1. The number of nitrogens with zero attached hydrogens (tertiary/aromatic N) is 1. The topological polar surface area (TPSA) is 65.5 Å². The van der Waals surface area contributed by atoms with E-state index in [4.69, 9.17) is 0 Å². The molecule has 2 aromatic rings. The van der Waals surface area contributed by atoms with Crippen LogP contribution in [-0.4, -0.2) is 21.6 Å². The van der Waals surface area contributed by atoms with Gasteiger partial charge in [-0.25, -0.2) is 4.99 Å². The minimum absolute atomic E-state index is 0.121. The summed E-state index contributed by atoms with van der Waals surface area (Å²) in [5.74, 6) is -0.0228. The van der Waals surface area contributed by atoms with Crippen molar-refractivity contribution in [3.05, 3.63) is 46.1 Å². The summed E-state index contributed by atoms with van der Waals surface area (Å²) in [6.45, 7) is 0. The lowest BCUT2D eigenvalue weighted by Crippen LogP contribution is -2.24. The van der Waals surface area contributed by atoms with E-state index in [0.717, 1.165) is 23.4 Å². The maximum absolute atomic E-state index is 12.4. The van der Waals surface area contributed by atoms with Crippen molar-refractivity contribution in [2.45, 2.75) is 12.8 Å². The third kappa shape index (κ3) is 1.42. The smallest absolute Gasteiger partial charge is 0.215 e. The number of aromatic nitrogens is 1. The van der Waals surface area contributed by atoms with E-state index >= 15 is 0 Å². The molecule has 0 unspecified atom stereocenters. The third-order valence-corrected chi connectivity index (χ3v) is 3.74. The van der Waals surface area contributed by atoms with E-state index in [1.807, 2.05) is 24.3 Å². The number of hydrogen-bond donors (Lipinski definition) is 2. The van der Waals surface area contributed by atoms with Crippen LogP contribution in [0.4, 0.5) is 5.69 Å². The molecule has 1 aromatic carbocycles. The molecule has 98 valence electrons. The van der Waals surface area contributed by atoms with Gasteiger partial charge in [-0.15, -0.1) is 0 Å². The zero-order valence-corrected chi connectivity index (χ0v) is 10.7. The maximum Gasteiger partial charge on any atom is 0.215 e. The van der Waals surface area contributed by atoms with E-state index in [0.29, 0.717) is 22.7 Å². The van der Waals surface area contributed by atoms with Gasteiger partial charge in [0, 0.05) is 16.1 Å². The van der Waals surface area contributed by atoms with Crippen molar-refractivity contribution in [2.75, 3.05) is 0 Å². The van der Waals surface area contributed by atoms with Gasteiger partial charge in [-0.3, -0.25) is 4.79 Å². The molecule has 0 radical (unpaired) electrons. The first-order valence-electron chi connectivity index (χ1n) is 6.60. The Morgan fingerprint density at radius 3 is 2.75 bits per heavy atom. The lowest BCUT2D eigenvalue weighted by molar-refractivity contribution is 0.106. The molecule has 0 amide bonds. The summed E-state index contributed by atoms with van der Waals surface area (Å²) in [5.41, 5.74) is 1.96. The second-order valence-electron chi connectivity index (χ2n) is 4.97. The average Bonchev–Trinajstić information content (AvgIpc) is 2.98. The van der Waals surface area contributed by atoms with Crippen molar-refractivity contribution in [1.82, 2.24) is 4.98 Å². The van der Waals surface area contributed by atoms with E-state index < -0.39 is 0 Å². The van der Waals surface area contributed by atoms with Crippen LogP contribution in [0.3, 0.4) is 0 Å². The summed E-state index contributed by atoms with van der Waals surface area (Å²) in [6, 6.07) is 7.22. The van der Waals surface area contributed by atoms with Gasteiger partial charge in [-0.05, 0) is 25.0 Å². The van der Waals surface area contributed by atoms with Crippen LogP contribution in [0.25, 0.3) is 12.2 Å². The fourth-order valence-electron chi connectivity index (χ4n) is 2.75. The highest BCUT2D eigenvalue weighted by atomic mass is 16.3. The summed E-state index contributed by atoms with van der Waals surface area (Å²) < 4.78 is 0. The number of benzene rings is 1. The Morgan fingerprint density at radius 1 is 1.15 bits per heavy atom. The minimum Gasteiger partial charge on any atom is -0.505 e. The molecule has 2 N–H and O–H groups in total. The van der Waals surface area contributed by atoms with E-state index in [-0.39, 0.29) is 11.5 Å². The van der Waals surface area contributed by atoms with E-state index in [9.17, 15) is 9.90 Å². The molecule has 0 fully saturated rings. The molecule has 4 heteroatoms. The minimum atomic E-state index is -0.144. The Bertz CT molecular complexity index is 888. The zero-order valence-electron chi connectivity index (χ0n) is 10.7. The number of hydrogen-bond acceptors (Lipinski definition) is 3. The van der Waals surface area contributed by atoms with Crippen LogP contribution >= 0.6 is 0 Å². The van der Waals surface area contributed by atoms with Gasteiger partial charge in [0.1, 0.15) is 17.2 Å². The van der Waals surface area contributed by atoms with E-state index in [1.165, 1.54) is 0 Å². The van der Waals surface area contributed by atoms with Crippen LogP contribution in [0.1, 0.15) is 28.9 Å². The number of Topliss-reactive ketones (excluding diaryl/α,β-unsaturated/α-hetero) is 1. The number of nitrogens with one attached hydrogen (secondary N) is 1. The summed E-state index contributed by atoms with van der Waals surface area (Å²) in [7, 11) is 0. The number of carbonyl (C=O) groups excluding carboxylic acids is 1. The Kier molecular flexibility index (Phi) is 2.21. The summed E-state index contributed by atoms with van der Waals surface area (Å²) in [6.07, 6.45) is 5.86. The number of rotatable bonds is 1. The van der Waals surface area contributed by atoms with Crippen molar-refractivity contribution >= 4 is 29.3 Å². The molecule has 0 spiro atoms. The Morgan fingerprint density at radius 2 is 1.95 bits per heavy atom. The molecule has 2 heterocycles. The highest BCUT2D eigenvalue weighted by Gasteiger charge is 2.28. The van der Waals surface area contributed by atoms with Gasteiger partial charge in [0.15, 0.2) is 0 Å². The number of aromatic amines is 1. The highest BCUT2D eigenvalue weighted by molar-refractivity contribution is 6.54. The predicted molar refractivity (Wildman–Crippen MR) is 76.8 cm³/mol. The van der Waals surface area contributed by atoms with Crippen LogP contribution in [0.2, 0.25) is 0 Å². The first-order chi connectivity index (χ1) is 9.75. The fraction of sp³-hybridized carbons (Fsp3) is 0.125. The monoisotopic (exact) mass is 264 g/mol. The summed E-state index contributed by atoms with van der Waals surface area (Å²) >= 11 is 0. The normalized spacial score (nSPS) is 16.0. The number of para-hydroxylation sites is 1. The molecule has 1 aliphatic carbocycles. The van der Waals surface area contributed by atoms with Gasteiger partial charge in [0.2, 0.25) is 5.78 Å². The van der Waals surface area contributed by atoms with Crippen LogP contribution in [0.15, 0.2) is 29.3 Å². The summed E-state index contributed by atoms with van der Waals surface area (Å²) in [4.78, 5) is 19.9. The van der Waals surface area contributed by atoms with E-state index in [2.05, 4.69) is 9.98 Å². The molecule has 1 aromatic heterocycles. The molecule has 0 saturated carbocycles. The number of ketones is 1. The Labute approximate surface area is 114 Å². The quantitative estimate of drug-likeness (QED) is 0.817. The van der Waals surface area contributed by atoms with Gasteiger partial charge < -0.3 is 10.1 Å². The molecular weight excluding hydrogens is 252 g/mol. The van der Waals surface area contributed by atoms with Crippen molar-refractivity contribution in [2.24, 2.45) is 4.99 Å². The molecule has 0 atom stereocenters. The second-order valence-corrected chi connectivity index (χ2v) is 4.97. The van der Waals surface area contributed by atoms with Gasteiger partial charge in [0.05, 0.1) is 5.69 Å². The standard InChI is InChI=1S/C16H12N2O2/c19-15-9-5-1-3-7-11(9)17-13(15)14-16(20)10-6-2-4-8-12(10)18-14/h1,3,5-8,18,20H,2,4H2. The first kappa shape index (κ1) is 11.2. The lowest BCUT2D eigenvalue weighted by Gasteiger charge is -1.96. The highest BCUT2D eigenvalue weighted by Crippen LogP contribution is 2.29. The van der Waals surface area contributed by atoms with Crippen molar-refractivity contribution in [3.63, 3.8) is 0 Å². The van der Waals surface area contributed by atoms with Crippen molar-refractivity contribution in [1.29, 1.82) is 0 Å². The van der Waals surface area contributed by atoms with Crippen LogP contribution in [0.5, 0.6) is 5.75 Å². The molecule has 1 aliphatic heterocycles. The molecule has 0 bridgehead atoms. The Balaban J connectivity index is 1.94. The number of H-pyrrole nitrogens is 1. The average molecular weight is 264 g/mol. The number of aliphatic imine (C=N–C) groups is 1. The largest absolute Gasteiger partial charge is 0.505 e. The summed E-state index contributed by atoms with van der Waals surface area (Å²) in [5, 5.41) is 12.0. The second kappa shape index (κ2) is 3.93. The van der Waals surface area contributed by atoms with Crippen LogP contribution in [-0.2, 0) is 0 Å². The maximum atomic E-state index is 12.4. The molecule has 20 heavy (non-hydrogen) atoms. The molecule has 4 rings (SSSR count). The SMILES string of the molecule is O=C1C(c2[nH]c3c(c2O)=CCCC=3)=Nc2ccccc21.